The highest BCUT2D eigenvalue weighted by Crippen LogP contribution is 2.43. The zero-order valence-corrected chi connectivity index (χ0v) is 22.4. The molecule has 0 fully saturated rings. The normalized spacial score (nSPS) is 10.8. The topological polar surface area (TPSA) is 3.24 Å². The molecule has 0 bridgehead atoms. The lowest BCUT2D eigenvalue weighted by Crippen LogP contribution is -2.10. The van der Waals surface area contributed by atoms with Crippen molar-refractivity contribution in [3.05, 3.63) is 163 Å². The molecule has 6 aromatic carbocycles. The maximum absolute atomic E-state index is 2.35. The van der Waals surface area contributed by atoms with Crippen LogP contribution in [0.2, 0.25) is 0 Å². The van der Waals surface area contributed by atoms with E-state index in [4.69, 9.17) is 0 Å². The molecule has 6 aromatic rings. The van der Waals surface area contributed by atoms with Gasteiger partial charge in [0.2, 0.25) is 0 Å². The van der Waals surface area contributed by atoms with Crippen molar-refractivity contribution in [1.29, 1.82) is 0 Å². The predicted molar refractivity (Wildman–Crippen MR) is 167 cm³/mol. The predicted octanol–water partition coefficient (Wildman–Crippen LogP) is 10.8. The molecule has 0 atom stereocenters. The third-order valence-electron chi connectivity index (χ3n) is 7.23. The Bertz CT molecular complexity index is 1640. The minimum Gasteiger partial charge on any atom is -0.310 e. The molecular formula is C38H31N. The van der Waals surface area contributed by atoms with Crippen molar-refractivity contribution in [2.75, 3.05) is 4.90 Å². The second kappa shape index (κ2) is 10.8. The average molecular weight is 502 g/mol. The molecule has 188 valence electrons. The molecule has 0 aliphatic heterocycles. The highest BCUT2D eigenvalue weighted by molar-refractivity contribution is 5.94. The fourth-order valence-corrected chi connectivity index (χ4v) is 5.19. The Balaban J connectivity index is 1.57. The fourth-order valence-electron chi connectivity index (χ4n) is 5.19. The van der Waals surface area contributed by atoms with Crippen molar-refractivity contribution in [3.8, 4) is 33.4 Å². The van der Waals surface area contributed by atoms with Crippen LogP contribution in [0.4, 0.5) is 17.1 Å². The summed E-state index contributed by atoms with van der Waals surface area (Å²) in [5.74, 6) is 0. The zero-order valence-electron chi connectivity index (χ0n) is 22.4. The van der Waals surface area contributed by atoms with Gasteiger partial charge in [0.15, 0.2) is 0 Å². The smallest absolute Gasteiger partial charge is 0.0468 e. The summed E-state index contributed by atoms with van der Waals surface area (Å²) in [4.78, 5) is 2.35. The number of benzene rings is 6. The standard InChI is InChI=1S/C38H31N/c1-28-17-21-32(22-18-28)39(33-23-19-29(2)20-24-33)34-25-26-37(38(27-34)31-13-7-4-8-14-31)36-16-10-9-15-35(36)30-11-5-3-6-12-30/h3-27H,1-2H3. The summed E-state index contributed by atoms with van der Waals surface area (Å²) in [6.07, 6.45) is 0. The molecule has 1 heteroatoms. The fraction of sp³-hybridized carbons (Fsp3) is 0.0526. The Labute approximate surface area is 231 Å². The van der Waals surface area contributed by atoms with Gasteiger partial charge in [-0.2, -0.15) is 0 Å². The summed E-state index contributed by atoms with van der Waals surface area (Å²) in [5.41, 5.74) is 13.2. The largest absolute Gasteiger partial charge is 0.310 e. The van der Waals surface area contributed by atoms with Gasteiger partial charge in [0, 0.05) is 17.1 Å². The van der Waals surface area contributed by atoms with E-state index in [-0.39, 0.29) is 0 Å². The Morgan fingerprint density at radius 2 is 0.744 bits per heavy atom. The van der Waals surface area contributed by atoms with Crippen LogP contribution in [0.25, 0.3) is 33.4 Å². The molecule has 0 unspecified atom stereocenters. The van der Waals surface area contributed by atoms with Crippen LogP contribution >= 0.6 is 0 Å². The second-order valence-electron chi connectivity index (χ2n) is 10.0. The number of rotatable bonds is 6. The molecule has 0 N–H and O–H groups in total. The van der Waals surface area contributed by atoms with Crippen molar-refractivity contribution in [2.45, 2.75) is 13.8 Å². The van der Waals surface area contributed by atoms with E-state index < -0.39 is 0 Å². The van der Waals surface area contributed by atoms with Crippen LogP contribution in [0, 0.1) is 13.8 Å². The van der Waals surface area contributed by atoms with Crippen molar-refractivity contribution in [1.82, 2.24) is 0 Å². The SMILES string of the molecule is Cc1ccc(N(c2ccc(C)cc2)c2ccc(-c3ccccc3-c3ccccc3)c(-c3ccccc3)c2)cc1. The number of hydrogen-bond acceptors (Lipinski definition) is 1. The quantitative estimate of drug-likeness (QED) is 0.219. The van der Waals surface area contributed by atoms with Gasteiger partial charge in [0.25, 0.3) is 0 Å². The van der Waals surface area contributed by atoms with E-state index in [1.54, 1.807) is 0 Å². The maximum atomic E-state index is 2.35. The van der Waals surface area contributed by atoms with Crippen LogP contribution < -0.4 is 4.90 Å². The molecule has 39 heavy (non-hydrogen) atoms. The van der Waals surface area contributed by atoms with Gasteiger partial charge in [0.05, 0.1) is 0 Å². The zero-order chi connectivity index (χ0) is 26.6. The van der Waals surface area contributed by atoms with Gasteiger partial charge in [-0.3, -0.25) is 0 Å². The first-order chi connectivity index (χ1) is 19.2. The Hall–Kier alpha value is -4.88. The van der Waals surface area contributed by atoms with E-state index in [1.165, 1.54) is 44.5 Å². The van der Waals surface area contributed by atoms with Gasteiger partial charge in [0.1, 0.15) is 0 Å². The van der Waals surface area contributed by atoms with E-state index >= 15 is 0 Å². The minimum absolute atomic E-state index is 1.13. The number of nitrogens with zero attached hydrogens (tertiary/aromatic N) is 1. The van der Waals surface area contributed by atoms with E-state index in [0.717, 1.165) is 17.1 Å². The molecule has 0 heterocycles. The summed E-state index contributed by atoms with van der Waals surface area (Å²) in [5, 5.41) is 0. The van der Waals surface area contributed by atoms with Gasteiger partial charge in [-0.25, -0.2) is 0 Å². The van der Waals surface area contributed by atoms with E-state index in [2.05, 4.69) is 170 Å². The molecule has 0 aromatic heterocycles. The van der Waals surface area contributed by atoms with Gasteiger partial charge in [-0.1, -0.05) is 126 Å². The molecule has 0 radical (unpaired) electrons. The van der Waals surface area contributed by atoms with Crippen LogP contribution in [-0.2, 0) is 0 Å². The Morgan fingerprint density at radius 1 is 0.333 bits per heavy atom. The summed E-state index contributed by atoms with van der Waals surface area (Å²) >= 11 is 0. The molecule has 0 amide bonds. The van der Waals surface area contributed by atoms with Gasteiger partial charge < -0.3 is 4.90 Å². The van der Waals surface area contributed by atoms with Crippen LogP contribution in [0.3, 0.4) is 0 Å². The highest BCUT2D eigenvalue weighted by atomic mass is 15.1. The van der Waals surface area contributed by atoms with Gasteiger partial charge >= 0.3 is 0 Å². The van der Waals surface area contributed by atoms with Crippen LogP contribution in [0.1, 0.15) is 11.1 Å². The van der Waals surface area contributed by atoms with Gasteiger partial charge in [-0.05, 0) is 83.6 Å². The van der Waals surface area contributed by atoms with Crippen LogP contribution in [0.5, 0.6) is 0 Å². The molecule has 1 nitrogen and oxygen atoms in total. The molecule has 0 aliphatic carbocycles. The summed E-state index contributed by atoms with van der Waals surface area (Å²) in [6.45, 7) is 4.26. The molecule has 0 saturated heterocycles. The number of aryl methyl sites for hydroxylation is 2. The monoisotopic (exact) mass is 501 g/mol. The Morgan fingerprint density at radius 3 is 1.28 bits per heavy atom. The van der Waals surface area contributed by atoms with Crippen molar-refractivity contribution in [2.24, 2.45) is 0 Å². The van der Waals surface area contributed by atoms with Crippen LogP contribution in [0.15, 0.2) is 152 Å². The molecule has 0 saturated carbocycles. The number of hydrogen-bond donors (Lipinski definition) is 0. The minimum atomic E-state index is 1.13. The first-order valence-corrected chi connectivity index (χ1v) is 13.5. The average Bonchev–Trinajstić information content (AvgIpc) is 3.00. The first-order valence-electron chi connectivity index (χ1n) is 13.5. The van der Waals surface area contributed by atoms with E-state index in [9.17, 15) is 0 Å². The molecule has 0 spiro atoms. The second-order valence-corrected chi connectivity index (χ2v) is 10.0. The van der Waals surface area contributed by atoms with Crippen molar-refractivity contribution in [3.63, 3.8) is 0 Å². The number of anilines is 3. The summed E-state index contributed by atoms with van der Waals surface area (Å²) in [7, 11) is 0. The van der Waals surface area contributed by atoms with Crippen molar-refractivity contribution < 1.29 is 0 Å². The van der Waals surface area contributed by atoms with Crippen LogP contribution in [-0.4, -0.2) is 0 Å². The maximum Gasteiger partial charge on any atom is 0.0468 e. The third kappa shape index (κ3) is 5.12. The molecule has 0 aliphatic rings. The van der Waals surface area contributed by atoms with Gasteiger partial charge in [-0.15, -0.1) is 0 Å². The highest BCUT2D eigenvalue weighted by Gasteiger charge is 2.17. The lowest BCUT2D eigenvalue weighted by atomic mass is 9.89. The summed E-state index contributed by atoms with van der Waals surface area (Å²) < 4.78 is 0. The first kappa shape index (κ1) is 24.5. The lowest BCUT2D eigenvalue weighted by molar-refractivity contribution is 1.27. The van der Waals surface area contributed by atoms with E-state index in [1.807, 2.05) is 0 Å². The lowest BCUT2D eigenvalue weighted by Gasteiger charge is -2.27. The summed E-state index contributed by atoms with van der Waals surface area (Å²) in [6, 6.07) is 54.5. The molecule has 6 rings (SSSR count). The van der Waals surface area contributed by atoms with E-state index in [0.29, 0.717) is 0 Å². The van der Waals surface area contributed by atoms with Crippen molar-refractivity contribution >= 4 is 17.1 Å². The Kier molecular flexibility index (Phi) is 6.80. The third-order valence-corrected chi connectivity index (χ3v) is 7.23. The molecular weight excluding hydrogens is 470 g/mol.